The average molecular weight is 789 g/mol. The summed E-state index contributed by atoms with van der Waals surface area (Å²) in [5.41, 5.74) is -2.79. The maximum Gasteiger partial charge on any atom is 0.420 e. The fourth-order valence-corrected chi connectivity index (χ4v) is 6.12. The van der Waals surface area contributed by atoms with Gasteiger partial charge in [0.1, 0.15) is 45.6 Å². The first-order valence-electron chi connectivity index (χ1n) is 16.5. The van der Waals surface area contributed by atoms with Crippen molar-refractivity contribution in [1.82, 2.24) is 0 Å². The lowest BCUT2D eigenvalue weighted by Crippen LogP contribution is -2.45. The molecule has 0 saturated heterocycles. The number of halogens is 6. The van der Waals surface area contributed by atoms with Crippen molar-refractivity contribution < 1.29 is 69.1 Å². The Kier molecular flexibility index (Phi) is 9.39. The van der Waals surface area contributed by atoms with E-state index in [1.807, 2.05) is 0 Å². The van der Waals surface area contributed by atoms with Crippen LogP contribution in [0, 0.1) is 6.92 Å². The van der Waals surface area contributed by atoms with Crippen LogP contribution in [-0.2, 0) is 36.3 Å². The van der Waals surface area contributed by atoms with Gasteiger partial charge in [-0.25, -0.2) is 4.90 Å². The van der Waals surface area contributed by atoms with Gasteiger partial charge < -0.3 is 14.2 Å². The van der Waals surface area contributed by atoms with Crippen molar-refractivity contribution in [2.45, 2.75) is 25.3 Å². The molecule has 11 nitrogen and oxygen atoms in total. The summed E-state index contributed by atoms with van der Waals surface area (Å²) in [4.78, 5) is 62.7. The first-order valence-corrected chi connectivity index (χ1v) is 16.5. The Balaban J connectivity index is 1.28. The highest BCUT2D eigenvalue weighted by atomic mass is 19.4. The van der Waals surface area contributed by atoms with Crippen molar-refractivity contribution in [2.75, 3.05) is 9.80 Å². The largest absolute Gasteiger partial charge is 0.456 e. The van der Waals surface area contributed by atoms with E-state index in [4.69, 9.17) is 14.2 Å². The van der Waals surface area contributed by atoms with Gasteiger partial charge in [0.05, 0.1) is 16.9 Å². The number of imide groups is 1. The molecule has 0 atom stereocenters. The third kappa shape index (κ3) is 7.54. The minimum atomic E-state index is -5.09. The first-order chi connectivity index (χ1) is 26.9. The lowest BCUT2D eigenvalue weighted by Gasteiger charge is -2.21. The zero-order valence-corrected chi connectivity index (χ0v) is 29.1. The Morgan fingerprint density at radius 3 is 1.46 bits per heavy atom. The average Bonchev–Trinajstić information content (AvgIpc) is 3.78. The molecule has 3 heterocycles. The van der Waals surface area contributed by atoms with E-state index >= 15 is 0 Å². The molecule has 7 rings (SSSR count). The van der Waals surface area contributed by atoms with Crippen molar-refractivity contribution in [1.29, 1.82) is 0 Å². The minimum absolute atomic E-state index is 0.110. The number of anilines is 2. The third-order valence-corrected chi connectivity index (χ3v) is 8.70. The number of carbonyl (C=O) groups is 5. The number of aryl methyl sites for hydroxylation is 1. The molecule has 0 bridgehead atoms. The van der Waals surface area contributed by atoms with Gasteiger partial charge in [-0.1, -0.05) is 6.58 Å². The molecule has 0 saturated carbocycles. The van der Waals surface area contributed by atoms with Crippen LogP contribution in [0.5, 0.6) is 34.5 Å². The number of ether oxygens (including phenoxy) is 3. The lowest BCUT2D eigenvalue weighted by molar-refractivity contribution is -0.695. The van der Waals surface area contributed by atoms with Crippen molar-refractivity contribution in [2.24, 2.45) is 0 Å². The number of pyridine rings is 1. The van der Waals surface area contributed by atoms with E-state index in [0.717, 1.165) is 71.7 Å². The Morgan fingerprint density at radius 1 is 0.579 bits per heavy atom. The number of allylic oxidation sites excluding steroid dienone is 3. The zero-order valence-electron chi connectivity index (χ0n) is 29.1. The summed E-state index contributed by atoms with van der Waals surface area (Å²) >= 11 is 0. The maximum absolute atomic E-state index is 14.5. The Bertz CT molecular complexity index is 2360. The molecule has 4 aromatic rings. The highest BCUT2D eigenvalue weighted by molar-refractivity contribution is 6.28. The van der Waals surface area contributed by atoms with E-state index in [1.165, 1.54) is 35.2 Å². The van der Waals surface area contributed by atoms with Crippen LogP contribution >= 0.6 is 0 Å². The number of rotatable bonds is 9. The second-order valence-electron chi connectivity index (χ2n) is 12.6. The smallest absolute Gasteiger partial charge is 0.420 e. The molecule has 0 N–H and O–H groups in total. The summed E-state index contributed by atoms with van der Waals surface area (Å²) in [6.45, 7) is 5.23. The standard InChI is InChI=1S/C40H24F6N3O8/c1-21-20-47(38-30(50)6-7-31(38)51)14-13-32(21)55-25-17-26(56-33-8-4-23(15-28(33)39(41,42)43)48-22(2)3-10-35(48)52)19-27(18-25)57-34-9-5-24(16-29(34)40(44,45)46)49-36(53)11-12-37(49)54/h3-20,38H,2H2,1H3/q+1. The highest BCUT2D eigenvalue weighted by Gasteiger charge is 2.39. The quantitative estimate of drug-likeness (QED) is 0.0729. The van der Waals surface area contributed by atoms with Gasteiger partial charge in [-0.15, -0.1) is 0 Å². The minimum Gasteiger partial charge on any atom is -0.456 e. The van der Waals surface area contributed by atoms with Gasteiger partial charge >= 0.3 is 12.4 Å². The predicted octanol–water partition coefficient (Wildman–Crippen LogP) is 7.79. The Hall–Kier alpha value is -7.30. The van der Waals surface area contributed by atoms with Crippen LogP contribution in [0.4, 0.5) is 37.7 Å². The lowest BCUT2D eigenvalue weighted by atomic mass is 10.1. The number of carbonyl (C=O) groups excluding carboxylic acids is 5. The second kappa shape index (κ2) is 14.1. The summed E-state index contributed by atoms with van der Waals surface area (Å²) < 4.78 is 105. The van der Waals surface area contributed by atoms with E-state index < -0.39 is 87.5 Å². The SMILES string of the molecule is C=C1C=CC(=O)N1c1ccc(Oc2cc(Oc3cc[n+](C4C(=O)C=CC4=O)cc3C)cc(Oc3ccc(N4C(=O)C=CC4=O)cc3C(F)(F)F)c2)c(C(F)(F)F)c1. The molecule has 1 aliphatic carbocycles. The molecule has 2 aliphatic heterocycles. The molecular weight excluding hydrogens is 764 g/mol. The predicted molar refractivity (Wildman–Crippen MR) is 187 cm³/mol. The van der Waals surface area contributed by atoms with Crippen LogP contribution in [-0.4, -0.2) is 29.3 Å². The van der Waals surface area contributed by atoms with Crippen LogP contribution in [0.2, 0.25) is 0 Å². The van der Waals surface area contributed by atoms with E-state index in [2.05, 4.69) is 6.58 Å². The third-order valence-electron chi connectivity index (χ3n) is 8.70. The van der Waals surface area contributed by atoms with Crippen LogP contribution in [0.15, 0.2) is 122 Å². The van der Waals surface area contributed by atoms with Gasteiger partial charge in [0.15, 0.2) is 12.4 Å². The van der Waals surface area contributed by atoms with Crippen molar-refractivity contribution in [3.05, 3.63) is 138 Å². The van der Waals surface area contributed by atoms with Gasteiger partial charge in [0.25, 0.3) is 23.8 Å². The van der Waals surface area contributed by atoms with Gasteiger partial charge in [-0.05, 0) is 61.5 Å². The molecule has 3 aliphatic rings. The molecule has 3 aromatic carbocycles. The van der Waals surface area contributed by atoms with E-state index in [1.54, 1.807) is 6.92 Å². The Morgan fingerprint density at radius 2 is 1.02 bits per heavy atom. The van der Waals surface area contributed by atoms with Crippen LogP contribution in [0.3, 0.4) is 0 Å². The summed E-state index contributed by atoms with van der Waals surface area (Å²) in [6.07, 6.45) is -0.770. The Labute approximate surface area is 317 Å². The molecule has 1 aromatic heterocycles. The maximum atomic E-state index is 14.5. The van der Waals surface area contributed by atoms with Crippen molar-refractivity contribution in [3.8, 4) is 34.5 Å². The van der Waals surface area contributed by atoms with Gasteiger partial charge in [-0.2, -0.15) is 30.9 Å². The molecule has 0 radical (unpaired) electrons. The number of benzene rings is 3. The number of nitrogens with zero attached hydrogens (tertiary/aromatic N) is 3. The number of hydrogen-bond acceptors (Lipinski definition) is 8. The molecular formula is C40H24F6N3O8+. The van der Waals surface area contributed by atoms with E-state index in [-0.39, 0.29) is 22.9 Å². The molecule has 17 heteroatoms. The van der Waals surface area contributed by atoms with E-state index in [0.29, 0.717) is 22.6 Å². The molecule has 57 heavy (non-hydrogen) atoms. The molecule has 0 fully saturated rings. The van der Waals surface area contributed by atoms with Crippen molar-refractivity contribution in [3.63, 3.8) is 0 Å². The summed E-state index contributed by atoms with van der Waals surface area (Å²) in [6, 6.07) is 8.73. The normalized spacial score (nSPS) is 15.8. The fraction of sp³-hybridized carbons (Fsp3) is 0.100. The highest BCUT2D eigenvalue weighted by Crippen LogP contribution is 2.45. The first kappa shape index (κ1) is 38.0. The molecule has 0 spiro atoms. The summed E-state index contributed by atoms with van der Waals surface area (Å²) in [5.74, 6) is -5.75. The topological polar surface area (TPSA) is 123 Å². The van der Waals surface area contributed by atoms with Crippen LogP contribution in [0.25, 0.3) is 0 Å². The fourth-order valence-electron chi connectivity index (χ4n) is 6.12. The van der Waals surface area contributed by atoms with Crippen LogP contribution < -0.4 is 28.6 Å². The van der Waals surface area contributed by atoms with Crippen molar-refractivity contribution >= 4 is 40.7 Å². The number of aromatic nitrogens is 1. The molecule has 3 amide bonds. The van der Waals surface area contributed by atoms with Gasteiger partial charge in [0, 0.05) is 48.2 Å². The zero-order chi connectivity index (χ0) is 41.0. The van der Waals surface area contributed by atoms with Gasteiger partial charge in [0.2, 0.25) is 11.6 Å². The second-order valence-corrected chi connectivity index (χ2v) is 12.6. The van der Waals surface area contributed by atoms with E-state index in [9.17, 15) is 50.3 Å². The van der Waals surface area contributed by atoms with Gasteiger partial charge in [-0.3, -0.25) is 28.9 Å². The number of ketones is 2. The summed E-state index contributed by atoms with van der Waals surface area (Å²) in [5, 5.41) is 0. The number of amides is 3. The summed E-state index contributed by atoms with van der Waals surface area (Å²) in [7, 11) is 0. The molecule has 0 unspecified atom stereocenters. The monoisotopic (exact) mass is 788 g/mol. The molecule has 288 valence electrons. The number of hydrogen-bond donors (Lipinski definition) is 0. The van der Waals surface area contributed by atoms with Crippen LogP contribution in [0.1, 0.15) is 22.7 Å². The number of alkyl halides is 6.